The highest BCUT2D eigenvalue weighted by molar-refractivity contribution is 6.46. The van der Waals surface area contributed by atoms with Crippen molar-refractivity contribution in [1.29, 1.82) is 0 Å². The first-order chi connectivity index (χ1) is 15.4. The highest BCUT2D eigenvalue weighted by Gasteiger charge is 2.46. The highest BCUT2D eigenvalue weighted by Crippen LogP contribution is 2.39. The molecule has 1 aromatic heterocycles. The molecule has 1 saturated heterocycles. The molecular formula is C25H26N4O3. The van der Waals surface area contributed by atoms with Gasteiger partial charge in [-0.3, -0.25) is 9.59 Å². The number of para-hydroxylation sites is 1. The van der Waals surface area contributed by atoms with Crippen LogP contribution in [0.4, 0.5) is 0 Å². The normalized spacial score (nSPS) is 18.0. The second kappa shape index (κ2) is 8.80. The van der Waals surface area contributed by atoms with Crippen LogP contribution in [-0.4, -0.2) is 63.6 Å². The van der Waals surface area contributed by atoms with Crippen LogP contribution in [0, 0.1) is 6.92 Å². The molecule has 1 N–H and O–H groups in total. The van der Waals surface area contributed by atoms with Crippen LogP contribution < -0.4 is 0 Å². The Kier molecular flexibility index (Phi) is 5.92. The number of aliphatic hydroxyl groups is 1. The number of nitrogens with zero attached hydrogens (tertiary/aromatic N) is 4. The van der Waals surface area contributed by atoms with Crippen molar-refractivity contribution < 1.29 is 14.7 Å². The van der Waals surface area contributed by atoms with Crippen LogP contribution in [0.1, 0.15) is 22.9 Å². The number of Topliss-reactive ketones (excluding diaryl/α,β-unsaturated/α-hetero) is 1. The Labute approximate surface area is 187 Å². The molecule has 1 fully saturated rings. The average Bonchev–Trinajstić information content (AvgIpc) is 3.30. The molecule has 7 heteroatoms. The minimum absolute atomic E-state index is 0.0932. The topological polar surface area (TPSA) is 78.7 Å². The Hall–Kier alpha value is -3.71. The number of ketones is 1. The molecule has 0 unspecified atom stereocenters. The van der Waals surface area contributed by atoms with Gasteiger partial charge in [0.15, 0.2) is 0 Å². The number of aromatic nitrogens is 2. The highest BCUT2D eigenvalue weighted by atomic mass is 16.3. The predicted octanol–water partition coefficient (Wildman–Crippen LogP) is 3.16. The molecule has 2 aromatic carbocycles. The van der Waals surface area contributed by atoms with Gasteiger partial charge in [0.2, 0.25) is 0 Å². The number of hydrogen-bond acceptors (Lipinski definition) is 5. The van der Waals surface area contributed by atoms with Gasteiger partial charge in [-0.2, -0.15) is 5.10 Å². The van der Waals surface area contributed by atoms with E-state index < -0.39 is 17.7 Å². The van der Waals surface area contributed by atoms with Gasteiger partial charge in [-0.05, 0) is 38.7 Å². The number of hydrogen-bond donors (Lipinski definition) is 1. The number of likely N-dealkylation sites (N-methyl/N-ethyl adjacent to an activating group) is 1. The maximum Gasteiger partial charge on any atom is 0.295 e. The van der Waals surface area contributed by atoms with Gasteiger partial charge in [0.05, 0.1) is 34.8 Å². The number of carbonyl (C=O) groups excluding carboxylic acids is 2. The molecule has 2 heterocycles. The van der Waals surface area contributed by atoms with Gasteiger partial charge in [0, 0.05) is 13.1 Å². The lowest BCUT2D eigenvalue weighted by molar-refractivity contribution is -0.140. The van der Waals surface area contributed by atoms with Gasteiger partial charge in [-0.15, -0.1) is 0 Å². The summed E-state index contributed by atoms with van der Waals surface area (Å²) >= 11 is 0. The van der Waals surface area contributed by atoms with E-state index in [0.29, 0.717) is 24.3 Å². The van der Waals surface area contributed by atoms with Crippen LogP contribution >= 0.6 is 0 Å². The first-order valence-electron chi connectivity index (χ1n) is 10.5. The summed E-state index contributed by atoms with van der Waals surface area (Å²) in [6.07, 6.45) is 1.53. The Morgan fingerprint density at radius 3 is 2.28 bits per heavy atom. The molecule has 7 nitrogen and oxygen atoms in total. The zero-order chi connectivity index (χ0) is 22.8. The fourth-order valence-corrected chi connectivity index (χ4v) is 4.02. The number of benzene rings is 2. The van der Waals surface area contributed by atoms with E-state index in [4.69, 9.17) is 0 Å². The van der Waals surface area contributed by atoms with E-state index in [1.807, 2.05) is 86.6 Å². The predicted molar refractivity (Wildman–Crippen MR) is 122 cm³/mol. The molecule has 0 radical (unpaired) electrons. The molecule has 1 atom stereocenters. The van der Waals surface area contributed by atoms with Gasteiger partial charge in [0.25, 0.3) is 11.7 Å². The fraction of sp³-hybridized carbons (Fsp3) is 0.240. The number of likely N-dealkylation sites (tertiary alicyclic amines) is 1. The van der Waals surface area contributed by atoms with Crippen molar-refractivity contribution >= 4 is 17.4 Å². The molecule has 1 aliphatic heterocycles. The molecule has 0 bridgehead atoms. The molecule has 1 aliphatic rings. The maximum atomic E-state index is 13.1. The summed E-state index contributed by atoms with van der Waals surface area (Å²) in [6.45, 7) is 2.80. The largest absolute Gasteiger partial charge is 0.507 e. The summed E-state index contributed by atoms with van der Waals surface area (Å²) in [5, 5.41) is 15.7. The minimum Gasteiger partial charge on any atom is -0.507 e. The van der Waals surface area contributed by atoms with Gasteiger partial charge >= 0.3 is 0 Å². The van der Waals surface area contributed by atoms with E-state index in [-0.39, 0.29) is 11.3 Å². The molecular weight excluding hydrogens is 404 g/mol. The van der Waals surface area contributed by atoms with Crippen LogP contribution in [0.25, 0.3) is 11.4 Å². The molecule has 0 spiro atoms. The van der Waals surface area contributed by atoms with Crippen molar-refractivity contribution in [2.24, 2.45) is 0 Å². The third-order valence-corrected chi connectivity index (χ3v) is 5.71. The van der Waals surface area contributed by atoms with Crippen molar-refractivity contribution in [2.75, 3.05) is 27.2 Å². The number of amides is 1. The fourth-order valence-electron chi connectivity index (χ4n) is 4.02. The quantitative estimate of drug-likeness (QED) is 0.369. The summed E-state index contributed by atoms with van der Waals surface area (Å²) in [5.74, 6) is -1.48. The Bertz CT molecular complexity index is 1170. The molecule has 0 saturated carbocycles. The lowest BCUT2D eigenvalue weighted by Crippen LogP contribution is -2.35. The zero-order valence-corrected chi connectivity index (χ0v) is 18.4. The summed E-state index contributed by atoms with van der Waals surface area (Å²) in [6, 6.07) is 18.2. The van der Waals surface area contributed by atoms with Crippen LogP contribution in [0.5, 0.6) is 0 Å². The van der Waals surface area contributed by atoms with Crippen LogP contribution in [0.2, 0.25) is 0 Å². The number of rotatable bonds is 6. The van der Waals surface area contributed by atoms with Gasteiger partial charge in [-0.1, -0.05) is 48.5 Å². The smallest absolute Gasteiger partial charge is 0.295 e. The summed E-state index contributed by atoms with van der Waals surface area (Å²) in [4.78, 5) is 29.5. The van der Waals surface area contributed by atoms with Crippen LogP contribution in [0.15, 0.2) is 72.4 Å². The summed E-state index contributed by atoms with van der Waals surface area (Å²) in [5.41, 5.74) is 2.83. The molecule has 4 rings (SSSR count). The molecule has 32 heavy (non-hydrogen) atoms. The lowest BCUT2D eigenvalue weighted by Gasteiger charge is -2.26. The van der Waals surface area contributed by atoms with E-state index in [9.17, 15) is 14.7 Å². The zero-order valence-electron chi connectivity index (χ0n) is 18.4. The van der Waals surface area contributed by atoms with Crippen molar-refractivity contribution in [3.8, 4) is 5.69 Å². The molecule has 3 aromatic rings. The van der Waals surface area contributed by atoms with E-state index in [1.54, 1.807) is 9.58 Å². The van der Waals surface area contributed by atoms with Crippen molar-refractivity contribution in [3.63, 3.8) is 0 Å². The number of carbonyl (C=O) groups is 2. The minimum atomic E-state index is -0.679. The summed E-state index contributed by atoms with van der Waals surface area (Å²) < 4.78 is 1.70. The first kappa shape index (κ1) is 21.5. The van der Waals surface area contributed by atoms with Crippen LogP contribution in [0.3, 0.4) is 0 Å². The second-order valence-corrected chi connectivity index (χ2v) is 8.10. The summed E-state index contributed by atoms with van der Waals surface area (Å²) in [7, 11) is 3.82. The lowest BCUT2D eigenvalue weighted by atomic mass is 9.95. The second-order valence-electron chi connectivity index (χ2n) is 8.10. The SMILES string of the molecule is Cc1c(C(O)=C2C(=O)C(=O)N(CCN(C)C)[C@@H]2c2ccccc2)cnn1-c1ccccc1. The van der Waals surface area contributed by atoms with Crippen molar-refractivity contribution in [3.05, 3.63) is 89.3 Å². The monoisotopic (exact) mass is 430 g/mol. The van der Waals surface area contributed by atoms with Gasteiger partial charge < -0.3 is 14.9 Å². The van der Waals surface area contributed by atoms with Crippen molar-refractivity contribution in [1.82, 2.24) is 19.6 Å². The van der Waals surface area contributed by atoms with Gasteiger partial charge in [-0.25, -0.2) is 4.68 Å². The van der Waals surface area contributed by atoms with E-state index in [1.165, 1.54) is 6.20 Å². The molecule has 0 aliphatic carbocycles. The van der Waals surface area contributed by atoms with Crippen LogP contribution in [-0.2, 0) is 9.59 Å². The Morgan fingerprint density at radius 1 is 1.03 bits per heavy atom. The Balaban J connectivity index is 1.83. The van der Waals surface area contributed by atoms with E-state index in [2.05, 4.69) is 5.10 Å². The van der Waals surface area contributed by atoms with E-state index in [0.717, 1.165) is 11.3 Å². The van der Waals surface area contributed by atoms with Gasteiger partial charge in [0.1, 0.15) is 5.76 Å². The van der Waals surface area contributed by atoms with Crippen molar-refractivity contribution in [2.45, 2.75) is 13.0 Å². The Morgan fingerprint density at radius 2 is 1.66 bits per heavy atom. The maximum absolute atomic E-state index is 13.1. The molecule has 164 valence electrons. The third-order valence-electron chi connectivity index (χ3n) is 5.71. The standard InChI is InChI=1S/C25H26N4O3/c1-17-20(16-26-29(17)19-12-8-5-9-13-19)23(30)21-22(18-10-6-4-7-11-18)28(15-14-27(2)3)25(32)24(21)31/h4-13,16,22,30H,14-15H2,1-3H3/t22-/m1/s1. The third kappa shape index (κ3) is 3.83. The number of aliphatic hydroxyl groups excluding tert-OH is 1. The average molecular weight is 431 g/mol. The van der Waals surface area contributed by atoms with E-state index >= 15 is 0 Å². The first-order valence-corrected chi connectivity index (χ1v) is 10.5. The molecule has 1 amide bonds.